The molecule has 0 bridgehead atoms. The second kappa shape index (κ2) is 11.2. The highest BCUT2D eigenvalue weighted by molar-refractivity contribution is 5.79. The number of amides is 1. The average molecular weight is 466 g/mol. The van der Waals surface area contributed by atoms with E-state index in [2.05, 4.69) is 41.5 Å². The first-order valence-electron chi connectivity index (χ1n) is 13.1. The molecule has 2 aromatic rings. The van der Waals surface area contributed by atoms with Gasteiger partial charge in [0, 0.05) is 31.6 Å². The molecular formula is C28H39N3O3. The third kappa shape index (κ3) is 5.70. The lowest BCUT2D eigenvalue weighted by atomic mass is 9.81. The Morgan fingerprint density at radius 3 is 2.32 bits per heavy atom. The minimum atomic E-state index is -0.370. The van der Waals surface area contributed by atoms with Crippen LogP contribution in [0.15, 0.2) is 39.9 Å². The molecule has 6 nitrogen and oxygen atoms in total. The van der Waals surface area contributed by atoms with Gasteiger partial charge >= 0.3 is 0 Å². The van der Waals surface area contributed by atoms with E-state index in [1.54, 1.807) is 0 Å². The molecule has 1 saturated carbocycles. The molecule has 2 aromatic carbocycles. The minimum Gasteiger partial charge on any atom is -0.380 e. The zero-order valence-electron chi connectivity index (χ0n) is 20.6. The Morgan fingerprint density at radius 2 is 1.68 bits per heavy atom. The maximum atomic E-state index is 12.9. The van der Waals surface area contributed by atoms with Crippen molar-refractivity contribution in [2.24, 2.45) is 17.8 Å². The molecule has 2 fully saturated rings. The van der Waals surface area contributed by atoms with Gasteiger partial charge < -0.3 is 15.5 Å². The summed E-state index contributed by atoms with van der Waals surface area (Å²) in [6, 6.07) is 10.5. The van der Waals surface area contributed by atoms with Gasteiger partial charge in [0.1, 0.15) is 11.4 Å². The zero-order chi connectivity index (χ0) is 24.1. The SMILES string of the molecule is CC[C@@H](Cc1ccccc1)NC(=O)C1CCC(CNc2c(N3CCC(C)CC3)c(=O)c2=O)CC1. The van der Waals surface area contributed by atoms with E-state index < -0.39 is 0 Å². The van der Waals surface area contributed by atoms with Crippen LogP contribution in [-0.4, -0.2) is 31.6 Å². The summed E-state index contributed by atoms with van der Waals surface area (Å²) in [4.78, 5) is 39.4. The van der Waals surface area contributed by atoms with Crippen LogP contribution in [0.5, 0.6) is 0 Å². The van der Waals surface area contributed by atoms with Gasteiger partial charge in [0.25, 0.3) is 10.9 Å². The van der Waals surface area contributed by atoms with E-state index in [4.69, 9.17) is 0 Å². The molecule has 0 radical (unpaired) electrons. The van der Waals surface area contributed by atoms with E-state index in [0.717, 1.165) is 64.5 Å². The molecule has 34 heavy (non-hydrogen) atoms. The fraction of sp³-hybridized carbons (Fsp3) is 0.607. The summed E-state index contributed by atoms with van der Waals surface area (Å²) in [6.45, 7) is 6.76. The topological polar surface area (TPSA) is 78.5 Å². The molecule has 0 unspecified atom stereocenters. The van der Waals surface area contributed by atoms with Crippen LogP contribution in [0.25, 0.3) is 0 Å². The molecule has 0 aromatic heterocycles. The van der Waals surface area contributed by atoms with Crippen molar-refractivity contribution in [3.8, 4) is 0 Å². The first kappa shape index (κ1) is 24.5. The molecule has 2 N–H and O–H groups in total. The summed E-state index contributed by atoms with van der Waals surface area (Å²) in [5, 5.41) is 6.58. The number of carbonyl (C=O) groups is 1. The van der Waals surface area contributed by atoms with Crippen LogP contribution in [0.3, 0.4) is 0 Å². The molecule has 1 amide bonds. The molecule has 1 aliphatic carbocycles. The molecule has 1 aliphatic heterocycles. The molecule has 1 heterocycles. The van der Waals surface area contributed by atoms with Gasteiger partial charge in [0.05, 0.1) is 0 Å². The van der Waals surface area contributed by atoms with E-state index in [0.29, 0.717) is 29.8 Å². The van der Waals surface area contributed by atoms with E-state index >= 15 is 0 Å². The van der Waals surface area contributed by atoms with Crippen LogP contribution < -0.4 is 26.4 Å². The fourth-order valence-electron chi connectivity index (χ4n) is 5.47. The van der Waals surface area contributed by atoms with Crippen LogP contribution in [-0.2, 0) is 11.2 Å². The van der Waals surface area contributed by atoms with Crippen molar-refractivity contribution in [3.63, 3.8) is 0 Å². The molecule has 1 saturated heterocycles. The van der Waals surface area contributed by atoms with Crippen LogP contribution in [0.1, 0.15) is 64.4 Å². The molecule has 184 valence electrons. The Bertz CT molecular complexity index is 1010. The van der Waals surface area contributed by atoms with E-state index in [1.165, 1.54) is 5.56 Å². The lowest BCUT2D eigenvalue weighted by Gasteiger charge is -2.34. The molecule has 6 heteroatoms. The number of nitrogens with zero attached hydrogens (tertiary/aromatic N) is 1. The van der Waals surface area contributed by atoms with Gasteiger partial charge in [0.2, 0.25) is 5.91 Å². The van der Waals surface area contributed by atoms with Gasteiger partial charge in [-0.05, 0) is 68.8 Å². The van der Waals surface area contributed by atoms with E-state index in [1.807, 2.05) is 18.2 Å². The quantitative estimate of drug-likeness (QED) is 0.550. The van der Waals surface area contributed by atoms with Crippen molar-refractivity contribution in [2.75, 3.05) is 29.9 Å². The Labute approximate surface area is 202 Å². The van der Waals surface area contributed by atoms with Gasteiger partial charge in [0.15, 0.2) is 0 Å². The Hall–Kier alpha value is -2.63. The summed E-state index contributed by atoms with van der Waals surface area (Å²) in [7, 11) is 0. The van der Waals surface area contributed by atoms with E-state index in [9.17, 15) is 14.4 Å². The first-order valence-corrected chi connectivity index (χ1v) is 13.1. The molecule has 0 spiro atoms. The van der Waals surface area contributed by atoms with Crippen molar-refractivity contribution in [1.29, 1.82) is 0 Å². The predicted octanol–water partition coefficient (Wildman–Crippen LogP) is 3.87. The Kier molecular flexibility index (Phi) is 8.07. The number of carbonyl (C=O) groups excluding carboxylic acids is 1. The maximum absolute atomic E-state index is 12.9. The summed E-state index contributed by atoms with van der Waals surface area (Å²) in [6.07, 6.45) is 7.59. The number of anilines is 2. The summed E-state index contributed by atoms with van der Waals surface area (Å²) < 4.78 is 0. The smallest absolute Gasteiger partial charge is 0.253 e. The van der Waals surface area contributed by atoms with Crippen molar-refractivity contribution < 1.29 is 4.79 Å². The summed E-state index contributed by atoms with van der Waals surface area (Å²) >= 11 is 0. The number of hydrogen-bond donors (Lipinski definition) is 2. The van der Waals surface area contributed by atoms with Crippen molar-refractivity contribution in [1.82, 2.24) is 5.32 Å². The average Bonchev–Trinajstić information content (AvgIpc) is 2.87. The first-order chi connectivity index (χ1) is 16.5. The fourth-order valence-corrected chi connectivity index (χ4v) is 5.47. The molecule has 2 aliphatic rings. The highest BCUT2D eigenvalue weighted by Crippen LogP contribution is 2.31. The molecular weight excluding hydrogens is 426 g/mol. The van der Waals surface area contributed by atoms with Gasteiger partial charge in [-0.3, -0.25) is 14.4 Å². The van der Waals surface area contributed by atoms with Crippen molar-refractivity contribution in [2.45, 2.75) is 71.3 Å². The lowest BCUT2D eigenvalue weighted by molar-refractivity contribution is -0.126. The van der Waals surface area contributed by atoms with Crippen LogP contribution in [0, 0.1) is 17.8 Å². The lowest BCUT2D eigenvalue weighted by Crippen LogP contribution is -2.46. The summed E-state index contributed by atoms with van der Waals surface area (Å²) in [5.41, 5.74) is 1.67. The molecule has 4 rings (SSSR count). The van der Waals surface area contributed by atoms with Gasteiger partial charge in [-0.25, -0.2) is 0 Å². The molecule has 1 atom stereocenters. The van der Waals surface area contributed by atoms with Crippen molar-refractivity contribution in [3.05, 3.63) is 56.3 Å². The Morgan fingerprint density at radius 1 is 1.00 bits per heavy atom. The number of nitrogens with one attached hydrogen (secondary N) is 2. The second-order valence-corrected chi connectivity index (χ2v) is 10.5. The standard InChI is InChI=1S/C28H39N3O3/c1-3-23(17-20-7-5-4-6-8-20)30-28(34)22-11-9-21(10-12-22)18-29-24-25(27(33)26(24)32)31-15-13-19(2)14-16-31/h4-8,19,21-23,29H,3,9-18H2,1-2H3,(H,30,34)/t21?,22?,23-/m0/s1. The Balaban J connectivity index is 1.23. The third-order valence-corrected chi connectivity index (χ3v) is 7.93. The number of piperidine rings is 1. The van der Waals surface area contributed by atoms with Crippen LogP contribution in [0.2, 0.25) is 0 Å². The zero-order valence-corrected chi connectivity index (χ0v) is 20.6. The highest BCUT2D eigenvalue weighted by atomic mass is 16.2. The number of rotatable bonds is 9. The van der Waals surface area contributed by atoms with Crippen LogP contribution >= 0.6 is 0 Å². The van der Waals surface area contributed by atoms with E-state index in [-0.39, 0.29) is 28.7 Å². The predicted molar refractivity (Wildman–Crippen MR) is 138 cm³/mol. The van der Waals surface area contributed by atoms with Gasteiger partial charge in [-0.2, -0.15) is 0 Å². The van der Waals surface area contributed by atoms with Gasteiger partial charge in [-0.1, -0.05) is 44.2 Å². The normalized spacial score (nSPS) is 22.5. The number of benzene rings is 1. The summed E-state index contributed by atoms with van der Waals surface area (Å²) in [5.74, 6) is 1.35. The van der Waals surface area contributed by atoms with Crippen molar-refractivity contribution >= 4 is 17.3 Å². The largest absolute Gasteiger partial charge is 0.380 e. The van der Waals surface area contributed by atoms with Gasteiger partial charge in [-0.15, -0.1) is 0 Å². The number of hydrogen-bond acceptors (Lipinski definition) is 5. The van der Waals surface area contributed by atoms with Crippen LogP contribution in [0.4, 0.5) is 11.4 Å². The monoisotopic (exact) mass is 465 g/mol. The maximum Gasteiger partial charge on any atom is 0.253 e. The highest BCUT2D eigenvalue weighted by Gasteiger charge is 2.30. The third-order valence-electron chi connectivity index (χ3n) is 7.93. The minimum absolute atomic E-state index is 0.0677. The second-order valence-electron chi connectivity index (χ2n) is 10.5.